The number of para-hydroxylation sites is 1. The van der Waals surface area contributed by atoms with Crippen LogP contribution in [0.1, 0.15) is 42.1 Å². The summed E-state index contributed by atoms with van der Waals surface area (Å²) in [6.07, 6.45) is 3.89. The van der Waals surface area contributed by atoms with E-state index in [0.717, 1.165) is 25.7 Å². The van der Waals surface area contributed by atoms with E-state index in [1.807, 2.05) is 0 Å². The van der Waals surface area contributed by atoms with Crippen LogP contribution in [0.3, 0.4) is 0 Å². The summed E-state index contributed by atoms with van der Waals surface area (Å²) in [6.45, 7) is 2.16. The molecule has 1 fully saturated rings. The van der Waals surface area contributed by atoms with Crippen molar-refractivity contribution >= 4 is 41.5 Å². The molecule has 0 saturated heterocycles. The van der Waals surface area contributed by atoms with Crippen molar-refractivity contribution in [1.82, 2.24) is 20.1 Å². The van der Waals surface area contributed by atoms with Crippen LogP contribution in [0.4, 0.5) is 0 Å². The number of hydrogen-bond acceptors (Lipinski definition) is 4. The van der Waals surface area contributed by atoms with E-state index in [1.165, 1.54) is 4.68 Å². The Bertz CT molecular complexity index is 751. The number of amides is 1. The fraction of sp³-hybridized carbons (Fsp3) is 0.438. The Morgan fingerprint density at radius 3 is 2.48 bits per heavy atom. The summed E-state index contributed by atoms with van der Waals surface area (Å²) in [7, 11) is 0. The molecule has 0 spiro atoms. The lowest BCUT2D eigenvalue weighted by molar-refractivity contribution is 0.0892. The number of carbonyl (C=O) groups excluding carboxylic acids is 1. The molecular weight excluding hydrogens is 385 g/mol. The maximum Gasteiger partial charge on any atom is 0.291 e. The SMILES string of the molecule is Cc1nc(C(=O)NC2(CN)CCCC2)nn1-c1c(Cl)cccc1Cl.Cl. The lowest BCUT2D eigenvalue weighted by atomic mass is 9.98. The predicted molar refractivity (Wildman–Crippen MR) is 101 cm³/mol. The van der Waals surface area contributed by atoms with Gasteiger partial charge in [0.15, 0.2) is 0 Å². The van der Waals surface area contributed by atoms with Crippen LogP contribution < -0.4 is 11.1 Å². The first-order chi connectivity index (χ1) is 11.5. The number of hydrogen-bond donors (Lipinski definition) is 2. The minimum Gasteiger partial charge on any atom is -0.343 e. The van der Waals surface area contributed by atoms with Crippen LogP contribution in [0.15, 0.2) is 18.2 Å². The highest BCUT2D eigenvalue weighted by molar-refractivity contribution is 6.37. The minimum absolute atomic E-state index is 0. The van der Waals surface area contributed by atoms with Gasteiger partial charge in [0.25, 0.3) is 5.91 Å². The molecule has 3 N–H and O–H groups in total. The third kappa shape index (κ3) is 3.92. The van der Waals surface area contributed by atoms with Crippen LogP contribution >= 0.6 is 35.6 Å². The fourth-order valence-corrected chi connectivity index (χ4v) is 3.68. The molecule has 1 amide bonds. The first kappa shape index (κ1) is 20.0. The molecule has 1 saturated carbocycles. The summed E-state index contributed by atoms with van der Waals surface area (Å²) in [5.74, 6) is 0.291. The van der Waals surface area contributed by atoms with Crippen molar-refractivity contribution < 1.29 is 4.79 Å². The fourth-order valence-electron chi connectivity index (χ4n) is 3.12. The molecule has 1 aliphatic carbocycles. The van der Waals surface area contributed by atoms with Gasteiger partial charge in [0.2, 0.25) is 5.82 Å². The number of nitrogens with zero attached hydrogens (tertiary/aromatic N) is 3. The Kier molecular flexibility index (Phi) is 6.32. The third-order valence-electron chi connectivity index (χ3n) is 4.45. The normalized spacial score (nSPS) is 15.7. The Hall–Kier alpha value is -1.34. The molecule has 136 valence electrons. The predicted octanol–water partition coefficient (Wildman–Crippen LogP) is 3.31. The van der Waals surface area contributed by atoms with E-state index in [9.17, 15) is 4.79 Å². The average molecular weight is 405 g/mol. The summed E-state index contributed by atoms with van der Waals surface area (Å²) >= 11 is 12.4. The van der Waals surface area contributed by atoms with Crippen molar-refractivity contribution in [2.45, 2.75) is 38.1 Å². The van der Waals surface area contributed by atoms with Gasteiger partial charge in [0.1, 0.15) is 11.5 Å². The maximum absolute atomic E-state index is 12.6. The van der Waals surface area contributed by atoms with Crippen molar-refractivity contribution in [3.63, 3.8) is 0 Å². The molecule has 3 rings (SSSR count). The Labute approximate surface area is 162 Å². The smallest absolute Gasteiger partial charge is 0.291 e. The van der Waals surface area contributed by atoms with Crippen molar-refractivity contribution in [1.29, 1.82) is 0 Å². The van der Waals surface area contributed by atoms with E-state index in [2.05, 4.69) is 15.4 Å². The second-order valence-electron chi connectivity index (χ2n) is 6.11. The van der Waals surface area contributed by atoms with Gasteiger partial charge in [-0.1, -0.05) is 42.1 Å². The zero-order valence-corrected chi connectivity index (χ0v) is 16.1. The van der Waals surface area contributed by atoms with Gasteiger partial charge in [0, 0.05) is 6.54 Å². The monoisotopic (exact) mass is 403 g/mol. The van der Waals surface area contributed by atoms with Gasteiger partial charge < -0.3 is 11.1 Å². The molecule has 9 heteroatoms. The number of aryl methyl sites for hydroxylation is 1. The van der Waals surface area contributed by atoms with E-state index in [0.29, 0.717) is 28.1 Å². The lowest BCUT2D eigenvalue weighted by Gasteiger charge is -2.27. The molecule has 0 bridgehead atoms. The first-order valence-corrected chi connectivity index (χ1v) is 8.62. The molecule has 0 unspecified atom stereocenters. The Morgan fingerprint density at radius 1 is 1.32 bits per heavy atom. The van der Waals surface area contributed by atoms with Crippen LogP contribution in [-0.4, -0.2) is 32.8 Å². The number of nitrogens with two attached hydrogens (primary N) is 1. The summed E-state index contributed by atoms with van der Waals surface area (Å²) in [4.78, 5) is 16.8. The number of rotatable bonds is 4. The van der Waals surface area contributed by atoms with Gasteiger partial charge in [0.05, 0.1) is 15.6 Å². The van der Waals surface area contributed by atoms with Crippen molar-refractivity contribution in [2.24, 2.45) is 5.73 Å². The van der Waals surface area contributed by atoms with Gasteiger partial charge >= 0.3 is 0 Å². The second kappa shape index (κ2) is 7.91. The Balaban J connectivity index is 0.00000225. The van der Waals surface area contributed by atoms with Crippen molar-refractivity contribution in [3.05, 3.63) is 39.9 Å². The van der Waals surface area contributed by atoms with E-state index < -0.39 is 0 Å². The molecule has 0 radical (unpaired) electrons. The maximum atomic E-state index is 12.6. The number of halogens is 3. The van der Waals surface area contributed by atoms with E-state index >= 15 is 0 Å². The molecule has 0 aliphatic heterocycles. The van der Waals surface area contributed by atoms with Gasteiger partial charge in [-0.2, -0.15) is 0 Å². The standard InChI is InChI=1S/C16H19Cl2N5O.ClH/c1-10-20-14(15(24)21-16(9-19)7-2-3-8-16)22-23(10)13-11(17)5-4-6-12(13)18;/h4-6H,2-3,7-9,19H2,1H3,(H,21,24);1H. The summed E-state index contributed by atoms with van der Waals surface area (Å²) in [6, 6.07) is 5.18. The minimum atomic E-state index is -0.349. The van der Waals surface area contributed by atoms with Gasteiger partial charge in [-0.25, -0.2) is 9.67 Å². The van der Waals surface area contributed by atoms with Gasteiger partial charge in [-0.3, -0.25) is 4.79 Å². The second-order valence-corrected chi connectivity index (χ2v) is 6.92. The highest BCUT2D eigenvalue weighted by atomic mass is 35.5. The van der Waals surface area contributed by atoms with E-state index in [4.69, 9.17) is 28.9 Å². The van der Waals surface area contributed by atoms with Crippen LogP contribution in [-0.2, 0) is 0 Å². The molecular formula is C16H20Cl3N5O. The van der Waals surface area contributed by atoms with Crippen molar-refractivity contribution in [2.75, 3.05) is 6.54 Å². The zero-order chi connectivity index (χ0) is 17.3. The highest BCUT2D eigenvalue weighted by Gasteiger charge is 2.35. The van der Waals surface area contributed by atoms with Gasteiger partial charge in [-0.05, 0) is 31.9 Å². The van der Waals surface area contributed by atoms with E-state index in [1.54, 1.807) is 25.1 Å². The van der Waals surface area contributed by atoms with Crippen LogP contribution in [0.25, 0.3) is 5.69 Å². The molecule has 25 heavy (non-hydrogen) atoms. The van der Waals surface area contributed by atoms with Crippen LogP contribution in [0.5, 0.6) is 0 Å². The summed E-state index contributed by atoms with van der Waals surface area (Å²) < 4.78 is 1.49. The molecule has 1 aromatic carbocycles. The van der Waals surface area contributed by atoms with Gasteiger partial charge in [-0.15, -0.1) is 17.5 Å². The number of aromatic nitrogens is 3. The molecule has 1 heterocycles. The average Bonchev–Trinajstić information content (AvgIpc) is 3.15. The molecule has 2 aromatic rings. The van der Waals surface area contributed by atoms with E-state index in [-0.39, 0.29) is 29.7 Å². The number of carbonyl (C=O) groups is 1. The summed E-state index contributed by atoms with van der Waals surface area (Å²) in [5.41, 5.74) is 6.03. The highest BCUT2D eigenvalue weighted by Crippen LogP contribution is 2.30. The molecule has 1 aliphatic rings. The number of nitrogens with one attached hydrogen (secondary N) is 1. The van der Waals surface area contributed by atoms with Crippen LogP contribution in [0, 0.1) is 6.92 Å². The largest absolute Gasteiger partial charge is 0.343 e. The first-order valence-electron chi connectivity index (χ1n) is 7.86. The third-order valence-corrected chi connectivity index (χ3v) is 5.06. The summed E-state index contributed by atoms with van der Waals surface area (Å²) in [5, 5.41) is 8.19. The van der Waals surface area contributed by atoms with Crippen LogP contribution in [0.2, 0.25) is 10.0 Å². The Morgan fingerprint density at radius 2 is 1.92 bits per heavy atom. The molecule has 1 aromatic heterocycles. The molecule has 0 atom stereocenters. The zero-order valence-electron chi connectivity index (χ0n) is 13.8. The lowest BCUT2D eigenvalue weighted by Crippen LogP contribution is -2.51. The topological polar surface area (TPSA) is 85.8 Å². The number of benzene rings is 1. The van der Waals surface area contributed by atoms with Crippen molar-refractivity contribution in [3.8, 4) is 5.69 Å². The quantitative estimate of drug-likeness (QED) is 0.818. The molecule has 6 nitrogen and oxygen atoms in total.